The predicted octanol–water partition coefficient (Wildman–Crippen LogP) is 8.21. The highest BCUT2D eigenvalue weighted by molar-refractivity contribution is 5.99. The molecule has 0 aromatic heterocycles. The highest BCUT2D eigenvalue weighted by atomic mass is 15.1. The molecule has 0 saturated carbocycles. The zero-order valence-corrected chi connectivity index (χ0v) is 17.7. The van der Waals surface area contributed by atoms with E-state index in [-0.39, 0.29) is 0 Å². The molecule has 150 valence electrons. The lowest BCUT2D eigenvalue weighted by Crippen LogP contribution is -2.10. The van der Waals surface area contributed by atoms with Crippen molar-refractivity contribution in [1.29, 1.82) is 0 Å². The van der Waals surface area contributed by atoms with E-state index in [2.05, 4.69) is 133 Å². The first-order valence-corrected chi connectivity index (χ1v) is 10.8. The summed E-state index contributed by atoms with van der Waals surface area (Å²) in [5.74, 6) is 0. The molecule has 0 atom stereocenters. The number of hydrogen-bond acceptors (Lipinski definition) is 1. The summed E-state index contributed by atoms with van der Waals surface area (Å²) in [4.78, 5) is 2.36. The van der Waals surface area contributed by atoms with Crippen LogP contribution >= 0.6 is 0 Å². The predicted molar refractivity (Wildman–Crippen MR) is 133 cm³/mol. The van der Waals surface area contributed by atoms with E-state index in [1.165, 1.54) is 33.2 Å². The second-order valence-corrected chi connectivity index (χ2v) is 8.01. The first kappa shape index (κ1) is 19.1. The number of hydrogen-bond donors (Lipinski definition) is 0. The molecular weight excluding hydrogens is 374 g/mol. The Morgan fingerprint density at radius 3 is 1.87 bits per heavy atom. The molecule has 0 aliphatic heterocycles. The van der Waals surface area contributed by atoms with Crippen molar-refractivity contribution in [2.24, 2.45) is 0 Å². The Morgan fingerprint density at radius 2 is 1.19 bits per heavy atom. The van der Waals surface area contributed by atoms with Crippen LogP contribution < -0.4 is 4.90 Å². The van der Waals surface area contributed by atoms with Crippen molar-refractivity contribution in [3.8, 4) is 0 Å². The Labute approximate surface area is 184 Å². The lowest BCUT2D eigenvalue weighted by Gasteiger charge is -2.27. The molecule has 0 aliphatic rings. The van der Waals surface area contributed by atoms with E-state index in [0.29, 0.717) is 0 Å². The Hall–Kier alpha value is -3.84. The van der Waals surface area contributed by atoms with Crippen LogP contribution in [0.5, 0.6) is 0 Å². The second kappa shape index (κ2) is 8.49. The van der Waals surface area contributed by atoms with Crippen LogP contribution in [0, 0.1) is 6.92 Å². The molecule has 0 N–H and O–H groups in total. The lowest BCUT2D eigenvalue weighted by molar-refractivity contribution is 1.18. The summed E-state index contributed by atoms with van der Waals surface area (Å²) in [6, 6.07) is 43.4. The van der Waals surface area contributed by atoms with Crippen molar-refractivity contribution in [3.05, 3.63) is 138 Å². The smallest absolute Gasteiger partial charge is 0.0542 e. The summed E-state index contributed by atoms with van der Waals surface area (Å²) in [7, 11) is 0. The molecule has 0 saturated heterocycles. The van der Waals surface area contributed by atoms with E-state index in [4.69, 9.17) is 0 Å². The summed E-state index contributed by atoms with van der Waals surface area (Å²) < 4.78 is 0. The minimum absolute atomic E-state index is 0.914. The van der Waals surface area contributed by atoms with Gasteiger partial charge in [-0.3, -0.25) is 0 Å². The Bertz CT molecular complexity index is 1270. The van der Waals surface area contributed by atoms with Gasteiger partial charge >= 0.3 is 0 Å². The number of rotatable bonds is 5. The third-order valence-electron chi connectivity index (χ3n) is 5.66. The fourth-order valence-corrected chi connectivity index (χ4v) is 4.28. The Kier molecular flexibility index (Phi) is 5.24. The van der Waals surface area contributed by atoms with Gasteiger partial charge in [0, 0.05) is 16.8 Å². The summed E-state index contributed by atoms with van der Waals surface area (Å²) in [5, 5.41) is 2.52. The van der Waals surface area contributed by atoms with Crippen LogP contribution in [0.1, 0.15) is 16.7 Å². The van der Waals surface area contributed by atoms with Gasteiger partial charge in [-0.1, -0.05) is 96.6 Å². The average Bonchev–Trinajstić information content (AvgIpc) is 2.81. The zero-order valence-electron chi connectivity index (χ0n) is 17.7. The molecule has 5 aromatic carbocycles. The van der Waals surface area contributed by atoms with E-state index < -0.39 is 0 Å². The van der Waals surface area contributed by atoms with Gasteiger partial charge in [0.2, 0.25) is 0 Å². The van der Waals surface area contributed by atoms with Crippen LogP contribution in [0.15, 0.2) is 121 Å². The van der Waals surface area contributed by atoms with Gasteiger partial charge in [0.05, 0.1) is 5.69 Å². The van der Waals surface area contributed by atoms with Gasteiger partial charge in [-0.2, -0.15) is 0 Å². The van der Waals surface area contributed by atoms with Crippen molar-refractivity contribution < 1.29 is 0 Å². The third kappa shape index (κ3) is 4.08. The van der Waals surface area contributed by atoms with Crippen molar-refractivity contribution in [1.82, 2.24) is 0 Å². The molecule has 0 bridgehead atoms. The van der Waals surface area contributed by atoms with Crippen LogP contribution in [0.4, 0.5) is 17.1 Å². The van der Waals surface area contributed by atoms with Gasteiger partial charge in [-0.25, -0.2) is 0 Å². The van der Waals surface area contributed by atoms with E-state index in [1.807, 2.05) is 0 Å². The number of benzene rings is 5. The van der Waals surface area contributed by atoms with Gasteiger partial charge in [0.15, 0.2) is 0 Å². The molecule has 0 unspecified atom stereocenters. The number of nitrogens with zero attached hydrogens (tertiary/aromatic N) is 1. The highest BCUT2D eigenvalue weighted by Gasteiger charge is 2.16. The monoisotopic (exact) mass is 399 g/mol. The molecule has 1 nitrogen and oxygen atoms in total. The number of anilines is 3. The van der Waals surface area contributed by atoms with Crippen molar-refractivity contribution in [3.63, 3.8) is 0 Å². The van der Waals surface area contributed by atoms with E-state index in [9.17, 15) is 0 Å². The van der Waals surface area contributed by atoms with Gasteiger partial charge in [0.1, 0.15) is 0 Å². The summed E-state index contributed by atoms with van der Waals surface area (Å²) in [6.07, 6.45) is 0.914. The number of aryl methyl sites for hydroxylation is 1. The minimum Gasteiger partial charge on any atom is -0.310 e. The third-order valence-corrected chi connectivity index (χ3v) is 5.66. The van der Waals surface area contributed by atoms with Crippen LogP contribution in [-0.2, 0) is 6.42 Å². The van der Waals surface area contributed by atoms with Gasteiger partial charge in [0.25, 0.3) is 0 Å². The molecule has 5 aromatic rings. The first-order chi connectivity index (χ1) is 15.3. The van der Waals surface area contributed by atoms with Gasteiger partial charge in [-0.05, 0) is 60.2 Å². The Morgan fingerprint density at radius 1 is 0.548 bits per heavy atom. The van der Waals surface area contributed by atoms with Crippen LogP contribution in [0.25, 0.3) is 10.8 Å². The summed E-state index contributed by atoms with van der Waals surface area (Å²) in [5.41, 5.74) is 7.48. The first-order valence-electron chi connectivity index (χ1n) is 10.8. The van der Waals surface area contributed by atoms with Crippen LogP contribution in [0.2, 0.25) is 0 Å². The minimum atomic E-state index is 0.914. The number of fused-ring (bicyclic) bond motifs is 1. The second-order valence-electron chi connectivity index (χ2n) is 8.01. The summed E-state index contributed by atoms with van der Waals surface area (Å²) in [6.45, 7) is 2.15. The van der Waals surface area contributed by atoms with Crippen LogP contribution in [-0.4, -0.2) is 0 Å². The van der Waals surface area contributed by atoms with Crippen LogP contribution in [0.3, 0.4) is 0 Å². The highest BCUT2D eigenvalue weighted by Crippen LogP contribution is 2.39. The van der Waals surface area contributed by atoms with Gasteiger partial charge < -0.3 is 4.90 Å². The van der Waals surface area contributed by atoms with E-state index >= 15 is 0 Å². The fraction of sp³-hybridized carbons (Fsp3) is 0.0667. The molecule has 1 heteroatoms. The standard InChI is InChI=1S/C30H25N/c1-23-11-10-12-24(19-23)20-25-21-26-13-8-9-18-29(26)30(22-25)31(27-14-4-2-5-15-27)28-16-6-3-7-17-28/h2-19,21-22H,20H2,1H3. The van der Waals surface area contributed by atoms with Crippen molar-refractivity contribution >= 4 is 27.8 Å². The number of para-hydroxylation sites is 2. The molecule has 0 amide bonds. The average molecular weight is 400 g/mol. The molecule has 0 radical (unpaired) electrons. The lowest BCUT2D eigenvalue weighted by atomic mass is 9.98. The van der Waals surface area contributed by atoms with Crippen molar-refractivity contribution in [2.45, 2.75) is 13.3 Å². The maximum Gasteiger partial charge on any atom is 0.0542 e. The van der Waals surface area contributed by atoms with Gasteiger partial charge in [-0.15, -0.1) is 0 Å². The molecule has 5 rings (SSSR count). The van der Waals surface area contributed by atoms with Crippen molar-refractivity contribution in [2.75, 3.05) is 4.90 Å². The topological polar surface area (TPSA) is 3.24 Å². The molecule has 0 aliphatic carbocycles. The fourth-order valence-electron chi connectivity index (χ4n) is 4.28. The Balaban J connectivity index is 1.71. The van der Waals surface area contributed by atoms with E-state index in [0.717, 1.165) is 17.8 Å². The molecule has 0 fully saturated rings. The maximum absolute atomic E-state index is 2.36. The molecule has 0 heterocycles. The normalized spacial score (nSPS) is 10.9. The zero-order chi connectivity index (χ0) is 21.0. The van der Waals surface area contributed by atoms with E-state index in [1.54, 1.807) is 0 Å². The summed E-state index contributed by atoms with van der Waals surface area (Å²) >= 11 is 0. The molecule has 31 heavy (non-hydrogen) atoms. The molecular formula is C30H25N. The molecule has 0 spiro atoms. The maximum atomic E-state index is 2.36. The SMILES string of the molecule is Cc1cccc(Cc2cc(N(c3ccccc3)c3ccccc3)c3ccccc3c2)c1. The quantitative estimate of drug-likeness (QED) is 0.288. The largest absolute Gasteiger partial charge is 0.310 e.